The van der Waals surface area contributed by atoms with Gasteiger partial charge in [-0.15, -0.1) is 0 Å². The number of esters is 1. The van der Waals surface area contributed by atoms with Gasteiger partial charge < -0.3 is 14.6 Å². The Morgan fingerprint density at radius 3 is 2.38 bits per heavy atom. The summed E-state index contributed by atoms with van der Waals surface area (Å²) in [5.41, 5.74) is 3.38. The van der Waals surface area contributed by atoms with Gasteiger partial charge in [0.25, 0.3) is 0 Å². The molecular formula is C18H21FN2O3. The number of amides is 1. The largest absolute Gasteiger partial charge is 0.461 e. The number of aryl methyl sites for hydroxylation is 1. The Kier molecular flexibility index (Phi) is 5.39. The molecule has 0 fully saturated rings. The molecule has 0 aliphatic rings. The molecule has 0 unspecified atom stereocenters. The molecule has 128 valence electrons. The number of ether oxygens (including phenoxy) is 1. The van der Waals surface area contributed by atoms with Crippen LogP contribution < -0.4 is 4.90 Å². The average molecular weight is 332 g/mol. The lowest BCUT2D eigenvalue weighted by atomic mass is 10.1. The molecular weight excluding hydrogens is 311 g/mol. The molecule has 2 aromatic rings. The number of aromatic nitrogens is 1. The van der Waals surface area contributed by atoms with Crippen molar-refractivity contribution < 1.29 is 18.7 Å². The molecule has 0 saturated carbocycles. The molecule has 0 aliphatic carbocycles. The smallest absolute Gasteiger partial charge is 0.355 e. The number of benzene rings is 1. The molecule has 0 atom stereocenters. The first-order chi connectivity index (χ1) is 11.3. The fourth-order valence-corrected chi connectivity index (χ4v) is 2.60. The summed E-state index contributed by atoms with van der Waals surface area (Å²) >= 11 is 0. The van der Waals surface area contributed by atoms with Gasteiger partial charge in [0, 0.05) is 18.3 Å². The monoisotopic (exact) mass is 332 g/mol. The van der Waals surface area contributed by atoms with Crippen LogP contribution >= 0.6 is 0 Å². The number of anilines is 1. The van der Waals surface area contributed by atoms with Crippen LogP contribution in [-0.4, -0.2) is 23.5 Å². The van der Waals surface area contributed by atoms with Gasteiger partial charge in [-0.25, -0.2) is 9.18 Å². The second-order valence-electron chi connectivity index (χ2n) is 5.53. The van der Waals surface area contributed by atoms with Crippen molar-refractivity contribution >= 4 is 17.6 Å². The third-order valence-corrected chi connectivity index (χ3v) is 3.91. The van der Waals surface area contributed by atoms with Crippen LogP contribution in [0.2, 0.25) is 0 Å². The molecule has 1 heterocycles. The van der Waals surface area contributed by atoms with Gasteiger partial charge in [-0.2, -0.15) is 0 Å². The molecule has 0 saturated heterocycles. The molecule has 0 radical (unpaired) electrons. The van der Waals surface area contributed by atoms with E-state index in [4.69, 9.17) is 4.74 Å². The van der Waals surface area contributed by atoms with E-state index >= 15 is 0 Å². The zero-order valence-electron chi connectivity index (χ0n) is 14.3. The second kappa shape index (κ2) is 7.29. The number of rotatable bonds is 5. The van der Waals surface area contributed by atoms with Crippen LogP contribution in [0, 0.1) is 19.7 Å². The van der Waals surface area contributed by atoms with Crippen LogP contribution in [0.4, 0.5) is 10.1 Å². The maximum absolute atomic E-state index is 13.1. The normalized spacial score (nSPS) is 10.5. The molecule has 1 N–H and O–H groups in total. The van der Waals surface area contributed by atoms with E-state index in [-0.39, 0.29) is 18.3 Å². The number of H-pyrrole nitrogens is 1. The number of hydrogen-bond donors (Lipinski definition) is 1. The summed E-state index contributed by atoms with van der Waals surface area (Å²) < 4.78 is 18.1. The van der Waals surface area contributed by atoms with E-state index in [0.29, 0.717) is 18.0 Å². The van der Waals surface area contributed by atoms with Crippen molar-refractivity contribution in [1.29, 1.82) is 0 Å². The summed E-state index contributed by atoms with van der Waals surface area (Å²) in [6.45, 7) is 7.43. The quantitative estimate of drug-likeness (QED) is 0.853. The number of carbonyl (C=O) groups is 2. The predicted octanol–water partition coefficient (Wildman–Crippen LogP) is 3.50. The zero-order valence-corrected chi connectivity index (χ0v) is 14.3. The Morgan fingerprint density at radius 2 is 1.83 bits per heavy atom. The number of hydrogen-bond acceptors (Lipinski definition) is 3. The molecule has 24 heavy (non-hydrogen) atoms. The highest BCUT2D eigenvalue weighted by Crippen LogP contribution is 2.24. The van der Waals surface area contributed by atoms with Crippen LogP contribution in [0.1, 0.15) is 41.2 Å². The second-order valence-corrected chi connectivity index (χ2v) is 5.53. The number of nitrogens with zero attached hydrogens (tertiary/aromatic N) is 1. The van der Waals surface area contributed by atoms with Crippen LogP contribution in [-0.2, 0) is 16.1 Å². The first-order valence-corrected chi connectivity index (χ1v) is 7.74. The summed E-state index contributed by atoms with van der Waals surface area (Å²) in [5, 5.41) is 0. The van der Waals surface area contributed by atoms with Crippen molar-refractivity contribution in [2.75, 3.05) is 11.5 Å². The van der Waals surface area contributed by atoms with Gasteiger partial charge in [0.05, 0.1) is 13.2 Å². The van der Waals surface area contributed by atoms with Gasteiger partial charge in [-0.1, -0.05) is 0 Å². The zero-order chi connectivity index (χ0) is 17.9. The van der Waals surface area contributed by atoms with Gasteiger partial charge in [0.2, 0.25) is 5.91 Å². The van der Waals surface area contributed by atoms with Gasteiger partial charge >= 0.3 is 5.97 Å². The van der Waals surface area contributed by atoms with Crippen molar-refractivity contribution in [2.24, 2.45) is 0 Å². The van der Waals surface area contributed by atoms with Gasteiger partial charge in [-0.3, -0.25) is 4.79 Å². The standard InChI is InChI=1S/C18H21FN2O3/c1-5-24-18(23)17-11(2)16(12(3)20-17)10-21(13(4)22)15-8-6-14(19)7-9-15/h6-9,20H,5,10H2,1-4H3. The molecule has 1 amide bonds. The fraction of sp³-hybridized carbons (Fsp3) is 0.333. The third kappa shape index (κ3) is 3.64. The summed E-state index contributed by atoms with van der Waals surface area (Å²) in [4.78, 5) is 28.6. The van der Waals surface area contributed by atoms with Gasteiger partial charge in [0.15, 0.2) is 0 Å². The molecule has 1 aromatic heterocycles. The Labute approximate surface area is 140 Å². The van der Waals surface area contributed by atoms with E-state index < -0.39 is 5.97 Å². The van der Waals surface area contributed by atoms with Crippen LogP contribution in [0.25, 0.3) is 0 Å². The lowest BCUT2D eigenvalue weighted by molar-refractivity contribution is -0.116. The Morgan fingerprint density at radius 1 is 1.21 bits per heavy atom. The van der Waals surface area contributed by atoms with Crippen LogP contribution in [0.3, 0.4) is 0 Å². The summed E-state index contributed by atoms with van der Waals surface area (Å²) in [6.07, 6.45) is 0. The van der Waals surface area contributed by atoms with E-state index in [2.05, 4.69) is 4.98 Å². The van der Waals surface area contributed by atoms with E-state index in [9.17, 15) is 14.0 Å². The first-order valence-electron chi connectivity index (χ1n) is 7.74. The number of aromatic amines is 1. The minimum absolute atomic E-state index is 0.167. The van der Waals surface area contributed by atoms with Crippen molar-refractivity contribution in [1.82, 2.24) is 4.98 Å². The highest BCUT2D eigenvalue weighted by molar-refractivity contribution is 5.92. The highest BCUT2D eigenvalue weighted by Gasteiger charge is 2.21. The molecule has 0 spiro atoms. The Bertz CT molecular complexity index is 750. The van der Waals surface area contributed by atoms with Crippen molar-refractivity contribution in [3.8, 4) is 0 Å². The van der Waals surface area contributed by atoms with Gasteiger partial charge in [-0.05, 0) is 56.2 Å². The number of nitrogens with one attached hydrogen (secondary N) is 1. The van der Waals surface area contributed by atoms with Crippen molar-refractivity contribution in [2.45, 2.75) is 34.2 Å². The molecule has 0 aliphatic heterocycles. The summed E-state index contributed by atoms with van der Waals surface area (Å²) in [7, 11) is 0. The van der Waals surface area contributed by atoms with Crippen molar-refractivity contribution in [3.63, 3.8) is 0 Å². The predicted molar refractivity (Wildman–Crippen MR) is 89.5 cm³/mol. The molecule has 0 bridgehead atoms. The summed E-state index contributed by atoms with van der Waals surface area (Å²) in [6, 6.07) is 5.74. The molecule has 2 rings (SSSR count). The van der Waals surface area contributed by atoms with E-state index in [1.54, 1.807) is 19.1 Å². The van der Waals surface area contributed by atoms with Crippen molar-refractivity contribution in [3.05, 3.63) is 52.6 Å². The van der Waals surface area contributed by atoms with Crippen LogP contribution in [0.5, 0.6) is 0 Å². The Hall–Kier alpha value is -2.63. The topological polar surface area (TPSA) is 62.4 Å². The third-order valence-electron chi connectivity index (χ3n) is 3.91. The molecule has 1 aromatic carbocycles. The lowest BCUT2D eigenvalue weighted by Gasteiger charge is -2.22. The SMILES string of the molecule is CCOC(=O)c1[nH]c(C)c(CN(C(C)=O)c2ccc(F)cc2)c1C. The van der Waals surface area contributed by atoms with E-state index in [1.807, 2.05) is 13.8 Å². The maximum atomic E-state index is 13.1. The highest BCUT2D eigenvalue weighted by atomic mass is 19.1. The number of halogens is 1. The molecule has 6 heteroatoms. The average Bonchev–Trinajstić information content (AvgIpc) is 2.81. The minimum Gasteiger partial charge on any atom is -0.461 e. The Balaban J connectivity index is 2.35. The maximum Gasteiger partial charge on any atom is 0.355 e. The van der Waals surface area contributed by atoms with Crippen LogP contribution in [0.15, 0.2) is 24.3 Å². The number of carbonyl (C=O) groups excluding carboxylic acids is 2. The molecule has 5 nitrogen and oxygen atoms in total. The summed E-state index contributed by atoms with van der Waals surface area (Å²) in [5.74, 6) is -0.944. The van der Waals surface area contributed by atoms with E-state index in [1.165, 1.54) is 24.0 Å². The lowest BCUT2D eigenvalue weighted by Crippen LogP contribution is -2.28. The minimum atomic E-state index is -0.416. The van der Waals surface area contributed by atoms with E-state index in [0.717, 1.165) is 16.8 Å². The fourth-order valence-electron chi connectivity index (χ4n) is 2.60. The first kappa shape index (κ1) is 17.7. The van der Waals surface area contributed by atoms with Gasteiger partial charge in [0.1, 0.15) is 11.5 Å².